The number of benzene rings is 8. The summed E-state index contributed by atoms with van der Waals surface area (Å²) < 4.78 is 5.24. The van der Waals surface area contributed by atoms with Gasteiger partial charge in [0.05, 0.1) is 33.8 Å². The first-order valence-corrected chi connectivity index (χ1v) is 21.7. The fourth-order valence-electron chi connectivity index (χ4n) is 9.90. The summed E-state index contributed by atoms with van der Waals surface area (Å²) >= 11 is 1.91. The van der Waals surface area contributed by atoms with Gasteiger partial charge in [-0.3, -0.25) is 0 Å². The molecular weight excluding hydrogens is 793 g/mol. The van der Waals surface area contributed by atoms with Crippen molar-refractivity contribution in [3.8, 4) is 105 Å². The molecule has 1 unspecified atom stereocenters. The number of aromatic nitrogens is 1. The third-order valence-electron chi connectivity index (χ3n) is 12.4. The summed E-state index contributed by atoms with van der Waals surface area (Å²) in [6.45, 7) is 1.71. The lowest BCUT2D eigenvalue weighted by atomic mass is 9.65. The van der Waals surface area contributed by atoms with Crippen LogP contribution in [0, 0.1) is 71.0 Å². The molecule has 2 nitrogen and oxygen atoms in total. The zero-order valence-electron chi connectivity index (χ0n) is 34.5. The monoisotopic (exact) mass is 824 g/mol. The normalized spacial score (nSPS) is 13.2. The van der Waals surface area contributed by atoms with Crippen LogP contribution >= 0.6 is 11.3 Å². The summed E-state index contributed by atoms with van der Waals surface area (Å²) in [4.78, 5) is 0. The van der Waals surface area contributed by atoms with E-state index in [9.17, 15) is 5.26 Å². The van der Waals surface area contributed by atoms with Crippen molar-refractivity contribution in [2.75, 3.05) is 0 Å². The highest BCUT2D eigenvalue weighted by Gasteiger charge is 2.51. The van der Waals surface area contributed by atoms with Gasteiger partial charge in [-0.25, -0.2) is 0 Å². The van der Waals surface area contributed by atoms with Crippen LogP contribution in [0.3, 0.4) is 0 Å². The van der Waals surface area contributed by atoms with Crippen LogP contribution in [0.5, 0.6) is 0 Å². The van der Waals surface area contributed by atoms with Crippen molar-refractivity contribution in [1.82, 2.24) is 4.57 Å². The van der Waals surface area contributed by atoms with Crippen LogP contribution in [0.25, 0.3) is 81.0 Å². The highest BCUT2D eigenvalue weighted by Crippen LogP contribution is 2.61. The molecular formula is C61H32N2S. The Morgan fingerprint density at radius 2 is 1.12 bits per heavy atom. The molecule has 10 aromatic rings. The molecule has 3 heterocycles. The van der Waals surface area contributed by atoms with Crippen molar-refractivity contribution in [2.24, 2.45) is 0 Å². The van der Waals surface area contributed by atoms with Crippen molar-refractivity contribution in [3.05, 3.63) is 198 Å². The van der Waals surface area contributed by atoms with E-state index < -0.39 is 5.41 Å². The molecule has 3 heteroatoms. The Kier molecular flexibility index (Phi) is 9.22. The van der Waals surface area contributed by atoms with Gasteiger partial charge in [-0.1, -0.05) is 139 Å². The second kappa shape index (κ2) is 15.5. The van der Waals surface area contributed by atoms with Crippen molar-refractivity contribution in [3.63, 3.8) is 0 Å². The van der Waals surface area contributed by atoms with Gasteiger partial charge in [0.2, 0.25) is 0 Å². The molecule has 8 aromatic carbocycles. The maximum absolute atomic E-state index is 9.27. The van der Waals surface area contributed by atoms with Crippen molar-refractivity contribution < 1.29 is 0 Å². The first kappa shape index (κ1) is 38.0. The van der Waals surface area contributed by atoms with Crippen LogP contribution < -0.4 is 0 Å². The number of thiophene rings is 1. The minimum absolute atomic E-state index is 0.496. The maximum atomic E-state index is 9.27. The minimum atomic E-state index is -0.496. The van der Waals surface area contributed by atoms with Gasteiger partial charge < -0.3 is 4.57 Å². The lowest BCUT2D eigenvalue weighted by Gasteiger charge is -2.39. The Bertz CT molecular complexity index is 3950. The summed E-state index contributed by atoms with van der Waals surface area (Å²) in [6.07, 6.45) is 4.84. The molecule has 292 valence electrons. The molecule has 0 saturated heterocycles. The summed E-state index contributed by atoms with van der Waals surface area (Å²) in [6, 6.07) is 64.7. The number of fused-ring (bicyclic) bond motifs is 16. The lowest BCUT2D eigenvalue weighted by Crippen LogP contribution is -2.33. The van der Waals surface area contributed by atoms with Gasteiger partial charge in [0.25, 0.3) is 0 Å². The molecule has 0 bridgehead atoms. The molecule has 0 saturated carbocycles. The fraction of sp³-hybridized carbons (Fsp3) is 0.0328. The molecule has 1 spiro atoms. The third-order valence-corrected chi connectivity index (χ3v) is 13.6. The molecule has 2 aromatic heterocycles. The molecule has 1 aliphatic carbocycles. The standard InChI is InChI=1S/C50H28N2S.C11H4/c51-29-30-16-18-31(19-17-30)32-20-22-33(23-21-32)34-24-25-36-35-8-1-3-11-40(35)50(43(36)28-34)41-12-4-5-14-44(41)52-45-27-26-38-37-9-2-6-15-46(37)53-49(38)47(45)39-10-7-13-42(50)48(39)52;1-3-5-7-9-11-10-8-6-4-2/h1-28H;1H,2H3. The number of nitriles is 1. The first-order valence-electron chi connectivity index (χ1n) is 20.9. The highest BCUT2D eigenvalue weighted by atomic mass is 32.1. The Morgan fingerprint density at radius 1 is 0.516 bits per heavy atom. The highest BCUT2D eigenvalue weighted by molar-refractivity contribution is 7.26. The maximum Gasteiger partial charge on any atom is 0.0991 e. The number of terminal acetylenes is 1. The average Bonchev–Trinajstić information content (AvgIpc) is 4.00. The van der Waals surface area contributed by atoms with Crippen LogP contribution in [0.15, 0.2) is 170 Å². The van der Waals surface area contributed by atoms with E-state index in [1.807, 2.05) is 35.6 Å². The fourth-order valence-corrected chi connectivity index (χ4v) is 11.2. The molecule has 0 fully saturated rings. The van der Waals surface area contributed by atoms with E-state index in [-0.39, 0.29) is 0 Å². The van der Waals surface area contributed by atoms with Crippen LogP contribution in [-0.2, 0) is 5.41 Å². The van der Waals surface area contributed by atoms with E-state index in [0.717, 1.165) is 11.1 Å². The predicted molar refractivity (Wildman–Crippen MR) is 266 cm³/mol. The predicted octanol–water partition coefficient (Wildman–Crippen LogP) is 13.7. The zero-order valence-corrected chi connectivity index (χ0v) is 35.4. The molecule has 64 heavy (non-hydrogen) atoms. The smallest absolute Gasteiger partial charge is 0.0991 e. The van der Waals surface area contributed by atoms with Gasteiger partial charge in [-0.2, -0.15) is 5.26 Å². The second-order valence-electron chi connectivity index (χ2n) is 15.6. The molecule has 12 rings (SSSR count). The summed E-state index contributed by atoms with van der Waals surface area (Å²) in [7, 11) is 0. The van der Waals surface area contributed by atoms with Crippen molar-refractivity contribution in [1.29, 1.82) is 5.26 Å². The average molecular weight is 825 g/mol. The summed E-state index contributed by atoms with van der Waals surface area (Å²) in [5, 5.41) is 14.6. The van der Waals surface area contributed by atoms with E-state index in [4.69, 9.17) is 6.42 Å². The number of hydrogen-bond acceptors (Lipinski definition) is 2. The number of hydrogen-bond donors (Lipinski definition) is 0. The lowest BCUT2D eigenvalue weighted by molar-refractivity contribution is 0.749. The Balaban J connectivity index is 0.000000370. The Hall–Kier alpha value is -8.93. The molecule has 1 aliphatic heterocycles. The summed E-state index contributed by atoms with van der Waals surface area (Å²) in [5.41, 5.74) is 16.5. The van der Waals surface area contributed by atoms with Crippen LogP contribution in [0.2, 0.25) is 0 Å². The van der Waals surface area contributed by atoms with E-state index in [1.165, 1.54) is 92.2 Å². The second-order valence-corrected chi connectivity index (χ2v) is 16.6. The van der Waals surface area contributed by atoms with E-state index in [1.54, 1.807) is 6.92 Å². The van der Waals surface area contributed by atoms with Crippen LogP contribution in [-0.4, -0.2) is 4.57 Å². The quantitative estimate of drug-likeness (QED) is 0.160. The van der Waals surface area contributed by atoms with Crippen molar-refractivity contribution >= 4 is 53.3 Å². The Labute approximate surface area is 376 Å². The van der Waals surface area contributed by atoms with Gasteiger partial charge in [0, 0.05) is 30.9 Å². The van der Waals surface area contributed by atoms with E-state index in [2.05, 4.69) is 210 Å². The third kappa shape index (κ3) is 5.76. The van der Waals surface area contributed by atoms with Gasteiger partial charge in [0.1, 0.15) is 0 Å². The van der Waals surface area contributed by atoms with Gasteiger partial charge in [-0.05, 0) is 146 Å². The van der Waals surface area contributed by atoms with Crippen LogP contribution in [0.4, 0.5) is 0 Å². The molecule has 0 radical (unpaired) electrons. The zero-order chi connectivity index (χ0) is 43.2. The number of rotatable bonds is 2. The molecule has 0 amide bonds. The van der Waals surface area contributed by atoms with Gasteiger partial charge >= 0.3 is 0 Å². The van der Waals surface area contributed by atoms with Gasteiger partial charge in [-0.15, -0.1) is 17.8 Å². The molecule has 0 N–H and O–H groups in total. The van der Waals surface area contributed by atoms with E-state index >= 15 is 0 Å². The van der Waals surface area contributed by atoms with Gasteiger partial charge in [0.15, 0.2) is 0 Å². The topological polar surface area (TPSA) is 28.7 Å². The first-order chi connectivity index (χ1) is 31.6. The minimum Gasteiger partial charge on any atom is -0.309 e. The van der Waals surface area contributed by atoms with Crippen molar-refractivity contribution in [2.45, 2.75) is 12.3 Å². The van der Waals surface area contributed by atoms with Crippen LogP contribution in [0.1, 0.15) is 34.7 Å². The summed E-state index contributed by atoms with van der Waals surface area (Å²) in [5.74, 6) is 22.0. The number of nitrogens with zero attached hydrogens (tertiary/aromatic N) is 2. The SMILES string of the molecule is C#CC#CC#CC#CC#CC.N#Cc1ccc(-c2ccc(-c3ccc4c(c3)C3(c5ccccc5-4)c4ccccc4-n4c5ccc6c7ccccc7sc6c5c5cccc3c54)cc2)cc1. The Morgan fingerprint density at radius 3 is 1.89 bits per heavy atom. The van der Waals surface area contributed by atoms with E-state index in [0.29, 0.717) is 5.56 Å². The largest absolute Gasteiger partial charge is 0.309 e. The molecule has 2 aliphatic rings. The number of para-hydroxylation sites is 2. The molecule has 1 atom stereocenters.